The fourth-order valence-corrected chi connectivity index (χ4v) is 3.10. The number of anilines is 1. The molecule has 0 aliphatic carbocycles. The number of carbonyl (C=O) groups is 1. The van der Waals surface area contributed by atoms with Crippen LogP contribution in [-0.2, 0) is 6.61 Å². The number of hydrogen-bond donors (Lipinski definition) is 1. The fraction of sp³-hybridized carbons (Fsp3) is 0.208. The fourth-order valence-electron chi connectivity index (χ4n) is 2.83. The highest BCUT2D eigenvalue weighted by molar-refractivity contribution is 9.10. The van der Waals surface area contributed by atoms with Crippen LogP contribution in [0.5, 0.6) is 11.5 Å². The van der Waals surface area contributed by atoms with Gasteiger partial charge in [0.25, 0.3) is 5.91 Å². The van der Waals surface area contributed by atoms with Gasteiger partial charge in [-0.2, -0.15) is 0 Å². The molecule has 150 valence electrons. The van der Waals surface area contributed by atoms with Crippen LogP contribution >= 0.6 is 15.9 Å². The van der Waals surface area contributed by atoms with E-state index in [0.717, 1.165) is 27.2 Å². The smallest absolute Gasteiger partial charge is 0.255 e. The Kier molecular flexibility index (Phi) is 6.94. The minimum Gasteiger partial charge on any atom is -0.493 e. The summed E-state index contributed by atoms with van der Waals surface area (Å²) in [4.78, 5) is 12.7. The number of aryl methyl sites for hydroxylation is 2. The average molecular weight is 454 g/mol. The van der Waals surface area contributed by atoms with Crippen molar-refractivity contribution in [2.24, 2.45) is 0 Å². The Balaban J connectivity index is 1.78. The highest BCUT2D eigenvalue weighted by Gasteiger charge is 2.12. The highest BCUT2D eigenvalue weighted by Crippen LogP contribution is 2.24. The van der Waals surface area contributed by atoms with E-state index < -0.39 is 0 Å². The van der Waals surface area contributed by atoms with E-state index in [4.69, 9.17) is 9.47 Å². The van der Waals surface area contributed by atoms with Crippen LogP contribution in [0, 0.1) is 13.8 Å². The molecule has 0 aliphatic heterocycles. The number of rotatable bonds is 7. The van der Waals surface area contributed by atoms with Gasteiger partial charge in [-0.15, -0.1) is 0 Å². The molecule has 0 unspecified atom stereocenters. The molecule has 0 spiro atoms. The summed E-state index contributed by atoms with van der Waals surface area (Å²) in [5, 5.41) is 2.91. The topological polar surface area (TPSA) is 47.6 Å². The van der Waals surface area contributed by atoms with Gasteiger partial charge in [-0.1, -0.05) is 22.0 Å². The first kappa shape index (κ1) is 20.9. The molecule has 1 amide bonds. The van der Waals surface area contributed by atoms with Crippen molar-refractivity contribution in [3.8, 4) is 11.5 Å². The van der Waals surface area contributed by atoms with Crippen LogP contribution < -0.4 is 14.8 Å². The second-order valence-corrected chi connectivity index (χ2v) is 7.67. The molecule has 4 nitrogen and oxygen atoms in total. The molecule has 3 rings (SSSR count). The lowest BCUT2D eigenvalue weighted by molar-refractivity contribution is 0.102. The zero-order valence-corrected chi connectivity index (χ0v) is 18.4. The quantitative estimate of drug-likeness (QED) is 0.456. The zero-order chi connectivity index (χ0) is 20.8. The first-order chi connectivity index (χ1) is 14.0. The van der Waals surface area contributed by atoms with Crippen molar-refractivity contribution in [3.05, 3.63) is 87.4 Å². The lowest BCUT2D eigenvalue weighted by Crippen LogP contribution is -2.13. The largest absolute Gasteiger partial charge is 0.493 e. The first-order valence-corrected chi connectivity index (χ1v) is 10.3. The van der Waals surface area contributed by atoms with Gasteiger partial charge in [-0.05, 0) is 86.5 Å². The van der Waals surface area contributed by atoms with Crippen LogP contribution in [0.1, 0.15) is 34.0 Å². The minimum atomic E-state index is -0.178. The highest BCUT2D eigenvalue weighted by atomic mass is 79.9. The van der Waals surface area contributed by atoms with Crippen LogP contribution in [0.25, 0.3) is 0 Å². The van der Waals surface area contributed by atoms with Crippen molar-refractivity contribution >= 4 is 27.5 Å². The maximum Gasteiger partial charge on any atom is 0.255 e. The van der Waals surface area contributed by atoms with E-state index in [1.54, 1.807) is 6.07 Å². The number of halogens is 1. The van der Waals surface area contributed by atoms with Gasteiger partial charge in [0.15, 0.2) is 0 Å². The predicted molar refractivity (Wildman–Crippen MR) is 120 cm³/mol. The van der Waals surface area contributed by atoms with Gasteiger partial charge in [-0.25, -0.2) is 0 Å². The molecule has 0 radical (unpaired) electrons. The molecule has 3 aromatic rings. The molecular weight excluding hydrogens is 430 g/mol. The molecule has 0 bridgehead atoms. The van der Waals surface area contributed by atoms with E-state index in [9.17, 15) is 4.79 Å². The van der Waals surface area contributed by atoms with Crippen molar-refractivity contribution < 1.29 is 14.3 Å². The minimum absolute atomic E-state index is 0.178. The molecule has 0 saturated carbocycles. The van der Waals surface area contributed by atoms with Gasteiger partial charge in [-0.3, -0.25) is 4.79 Å². The summed E-state index contributed by atoms with van der Waals surface area (Å²) in [6, 6.07) is 18.9. The molecule has 0 aromatic heterocycles. The molecule has 0 fully saturated rings. The van der Waals surface area contributed by atoms with Gasteiger partial charge in [0.2, 0.25) is 0 Å². The maximum absolute atomic E-state index is 12.7. The van der Waals surface area contributed by atoms with Crippen LogP contribution in [0.15, 0.2) is 65.1 Å². The summed E-state index contributed by atoms with van der Waals surface area (Å²) in [5.74, 6) is 1.33. The third-order valence-corrected chi connectivity index (χ3v) is 5.13. The Morgan fingerprint density at radius 1 is 0.931 bits per heavy atom. The van der Waals surface area contributed by atoms with Crippen molar-refractivity contribution in [1.29, 1.82) is 0 Å². The number of benzene rings is 3. The number of hydrogen-bond acceptors (Lipinski definition) is 3. The second kappa shape index (κ2) is 9.61. The van der Waals surface area contributed by atoms with Gasteiger partial charge in [0.1, 0.15) is 18.1 Å². The van der Waals surface area contributed by atoms with Crippen LogP contribution in [-0.4, -0.2) is 12.5 Å². The van der Waals surface area contributed by atoms with Crippen molar-refractivity contribution in [2.75, 3.05) is 11.9 Å². The third kappa shape index (κ3) is 5.61. The normalized spacial score (nSPS) is 10.5. The standard InChI is InChI=1S/C24H24BrNO3/c1-4-28-23-12-6-18(24(27)26-21-9-7-20(25)8-10-21)14-19(23)15-29-22-11-5-16(2)17(3)13-22/h5-14H,4,15H2,1-3H3,(H,26,27). The maximum atomic E-state index is 12.7. The lowest BCUT2D eigenvalue weighted by Gasteiger charge is -2.14. The number of ether oxygens (including phenoxy) is 2. The van der Waals surface area contributed by atoms with E-state index in [0.29, 0.717) is 18.8 Å². The summed E-state index contributed by atoms with van der Waals surface area (Å²) in [5.41, 5.74) is 4.51. The van der Waals surface area contributed by atoms with Crippen molar-refractivity contribution in [1.82, 2.24) is 0 Å². The Labute approximate surface area is 180 Å². The van der Waals surface area contributed by atoms with E-state index in [2.05, 4.69) is 35.1 Å². The summed E-state index contributed by atoms with van der Waals surface area (Å²) in [6.45, 7) is 6.92. The average Bonchev–Trinajstić information content (AvgIpc) is 2.71. The molecule has 0 atom stereocenters. The van der Waals surface area contributed by atoms with Crippen molar-refractivity contribution in [3.63, 3.8) is 0 Å². The first-order valence-electron chi connectivity index (χ1n) is 9.49. The van der Waals surface area contributed by atoms with Gasteiger partial charge in [0.05, 0.1) is 6.61 Å². The summed E-state index contributed by atoms with van der Waals surface area (Å²) < 4.78 is 12.6. The SMILES string of the molecule is CCOc1ccc(C(=O)Nc2ccc(Br)cc2)cc1COc1ccc(C)c(C)c1. The van der Waals surface area contributed by atoms with E-state index in [1.165, 1.54) is 11.1 Å². The van der Waals surface area contributed by atoms with E-state index >= 15 is 0 Å². The van der Waals surface area contributed by atoms with E-state index in [-0.39, 0.29) is 5.91 Å². The Morgan fingerprint density at radius 2 is 1.69 bits per heavy atom. The Bertz CT molecular complexity index is 1000. The van der Waals surface area contributed by atoms with E-state index in [1.807, 2.05) is 61.5 Å². The van der Waals surface area contributed by atoms with Gasteiger partial charge >= 0.3 is 0 Å². The molecule has 1 N–H and O–H groups in total. The summed E-state index contributed by atoms with van der Waals surface area (Å²) in [6.07, 6.45) is 0. The molecule has 3 aromatic carbocycles. The molecule has 29 heavy (non-hydrogen) atoms. The van der Waals surface area contributed by atoms with Gasteiger partial charge < -0.3 is 14.8 Å². The molecule has 0 heterocycles. The summed E-state index contributed by atoms with van der Waals surface area (Å²) >= 11 is 3.39. The lowest BCUT2D eigenvalue weighted by atomic mass is 10.1. The molecular formula is C24H24BrNO3. The van der Waals surface area contributed by atoms with Crippen LogP contribution in [0.4, 0.5) is 5.69 Å². The van der Waals surface area contributed by atoms with Crippen LogP contribution in [0.2, 0.25) is 0 Å². The molecule has 0 saturated heterocycles. The Morgan fingerprint density at radius 3 is 2.38 bits per heavy atom. The Hall–Kier alpha value is -2.79. The number of carbonyl (C=O) groups excluding carboxylic acids is 1. The zero-order valence-electron chi connectivity index (χ0n) is 16.8. The monoisotopic (exact) mass is 453 g/mol. The number of amides is 1. The predicted octanol–water partition coefficient (Wildman–Crippen LogP) is 6.30. The number of nitrogens with one attached hydrogen (secondary N) is 1. The van der Waals surface area contributed by atoms with Crippen LogP contribution in [0.3, 0.4) is 0 Å². The molecule has 0 aliphatic rings. The van der Waals surface area contributed by atoms with Crippen molar-refractivity contribution in [2.45, 2.75) is 27.4 Å². The molecule has 5 heteroatoms. The second-order valence-electron chi connectivity index (χ2n) is 6.75. The third-order valence-electron chi connectivity index (χ3n) is 4.60. The summed E-state index contributed by atoms with van der Waals surface area (Å²) in [7, 11) is 0. The van der Waals surface area contributed by atoms with Gasteiger partial charge in [0, 0.05) is 21.3 Å².